The van der Waals surface area contributed by atoms with Crippen LogP contribution in [0.3, 0.4) is 0 Å². The van der Waals surface area contributed by atoms with Crippen LogP contribution in [0.25, 0.3) is 11.6 Å². The van der Waals surface area contributed by atoms with Gasteiger partial charge in [-0.25, -0.2) is 9.78 Å². The third-order valence-corrected chi connectivity index (χ3v) is 4.98. The molecule has 0 amide bonds. The molecule has 0 saturated heterocycles. The van der Waals surface area contributed by atoms with E-state index in [9.17, 15) is 4.79 Å². The second-order valence-electron chi connectivity index (χ2n) is 6.03. The summed E-state index contributed by atoms with van der Waals surface area (Å²) in [6, 6.07) is 15.4. The molecule has 0 aliphatic rings. The number of benzene rings is 2. The summed E-state index contributed by atoms with van der Waals surface area (Å²) < 4.78 is 16.3. The molecule has 28 heavy (non-hydrogen) atoms. The number of thiazole rings is 1. The predicted molar refractivity (Wildman–Crippen MR) is 111 cm³/mol. The zero-order valence-corrected chi connectivity index (χ0v) is 16.8. The molecule has 0 spiro atoms. The highest BCUT2D eigenvalue weighted by Crippen LogP contribution is 2.31. The monoisotopic (exact) mass is 395 g/mol. The van der Waals surface area contributed by atoms with Crippen LogP contribution in [0, 0.1) is 6.92 Å². The number of carbonyl (C=O) groups is 1. The van der Waals surface area contributed by atoms with Gasteiger partial charge in [-0.2, -0.15) is 0 Å². The van der Waals surface area contributed by atoms with Gasteiger partial charge in [-0.05, 0) is 36.3 Å². The van der Waals surface area contributed by atoms with Crippen LogP contribution in [0.15, 0.2) is 53.9 Å². The summed E-state index contributed by atoms with van der Waals surface area (Å²) in [5, 5.41) is 2.51. The fourth-order valence-electron chi connectivity index (χ4n) is 2.59. The van der Waals surface area contributed by atoms with Crippen molar-refractivity contribution in [1.82, 2.24) is 4.98 Å². The van der Waals surface area contributed by atoms with Crippen LogP contribution in [0.5, 0.6) is 11.5 Å². The summed E-state index contributed by atoms with van der Waals surface area (Å²) in [5.74, 6) is 0.786. The topological polar surface area (TPSA) is 57.7 Å². The van der Waals surface area contributed by atoms with Crippen LogP contribution >= 0.6 is 11.3 Å². The lowest BCUT2D eigenvalue weighted by molar-refractivity contribution is -0.133. The molecule has 0 fully saturated rings. The molecule has 0 bridgehead atoms. The van der Waals surface area contributed by atoms with Crippen molar-refractivity contribution in [3.8, 4) is 11.5 Å². The number of hydrogen-bond donors (Lipinski definition) is 0. The SMILES string of the molecule is COC(=O)/C(=C\c1ccc(OC)c(OCc2ccccc2)c1)c1nc(C)cs1. The standard InChI is InChI=1S/C22H21NO4S/c1-15-14-28-21(23-15)18(22(24)26-3)11-17-9-10-19(25-2)20(12-17)27-13-16-7-5-4-6-8-16/h4-12,14H,13H2,1-3H3/b18-11-. The van der Waals surface area contributed by atoms with Crippen LogP contribution in [0.4, 0.5) is 0 Å². The van der Waals surface area contributed by atoms with Crippen LogP contribution in [0.2, 0.25) is 0 Å². The van der Waals surface area contributed by atoms with Crippen molar-refractivity contribution in [2.24, 2.45) is 0 Å². The molecular weight excluding hydrogens is 374 g/mol. The van der Waals surface area contributed by atoms with Crippen LogP contribution < -0.4 is 9.47 Å². The average molecular weight is 395 g/mol. The van der Waals surface area contributed by atoms with Gasteiger partial charge in [0.2, 0.25) is 0 Å². The van der Waals surface area contributed by atoms with Crippen LogP contribution in [-0.2, 0) is 16.1 Å². The second kappa shape index (κ2) is 9.19. The number of aryl methyl sites for hydroxylation is 1. The maximum Gasteiger partial charge on any atom is 0.340 e. The van der Waals surface area contributed by atoms with Gasteiger partial charge in [0, 0.05) is 11.1 Å². The molecule has 0 N–H and O–H groups in total. The lowest BCUT2D eigenvalue weighted by Gasteiger charge is -2.12. The fourth-order valence-corrected chi connectivity index (χ4v) is 3.39. The third-order valence-electron chi connectivity index (χ3n) is 3.99. The smallest absolute Gasteiger partial charge is 0.340 e. The Morgan fingerprint density at radius 1 is 1.11 bits per heavy atom. The molecule has 2 aromatic carbocycles. The molecule has 0 aliphatic heterocycles. The van der Waals surface area contributed by atoms with Crippen molar-refractivity contribution in [3.05, 3.63) is 75.7 Å². The van der Waals surface area contributed by atoms with Gasteiger partial charge in [-0.3, -0.25) is 0 Å². The van der Waals surface area contributed by atoms with Gasteiger partial charge >= 0.3 is 5.97 Å². The van der Waals surface area contributed by atoms with Crippen molar-refractivity contribution in [3.63, 3.8) is 0 Å². The number of ether oxygens (including phenoxy) is 3. The summed E-state index contributed by atoms with van der Waals surface area (Å²) in [7, 11) is 2.96. The first-order valence-corrected chi connectivity index (χ1v) is 9.56. The molecule has 3 aromatic rings. The molecule has 5 nitrogen and oxygen atoms in total. The van der Waals surface area contributed by atoms with E-state index >= 15 is 0 Å². The quantitative estimate of drug-likeness (QED) is 0.427. The minimum Gasteiger partial charge on any atom is -0.493 e. The highest BCUT2D eigenvalue weighted by atomic mass is 32.1. The maximum atomic E-state index is 12.3. The van der Waals surface area contributed by atoms with E-state index in [4.69, 9.17) is 14.2 Å². The van der Waals surface area contributed by atoms with Crippen molar-refractivity contribution in [2.45, 2.75) is 13.5 Å². The number of methoxy groups -OCH3 is 2. The van der Waals surface area contributed by atoms with Crippen molar-refractivity contribution in [1.29, 1.82) is 0 Å². The van der Waals surface area contributed by atoms with Gasteiger partial charge in [-0.15, -0.1) is 11.3 Å². The zero-order chi connectivity index (χ0) is 19.9. The predicted octanol–water partition coefficient (Wildman–Crippen LogP) is 4.75. The number of esters is 1. The number of nitrogens with zero attached hydrogens (tertiary/aromatic N) is 1. The molecule has 0 saturated carbocycles. The molecule has 0 aliphatic carbocycles. The zero-order valence-electron chi connectivity index (χ0n) is 16.0. The van der Waals surface area contributed by atoms with Gasteiger partial charge in [0.05, 0.1) is 19.8 Å². The molecule has 144 valence electrons. The Kier molecular flexibility index (Phi) is 6.45. The molecule has 1 aromatic heterocycles. The molecular formula is C22H21NO4S. The Labute approximate surface area is 168 Å². The highest BCUT2D eigenvalue weighted by Gasteiger charge is 2.16. The highest BCUT2D eigenvalue weighted by molar-refractivity contribution is 7.11. The normalized spacial score (nSPS) is 11.2. The number of aromatic nitrogens is 1. The van der Waals surface area contributed by atoms with Crippen molar-refractivity contribution >= 4 is 29.0 Å². The van der Waals surface area contributed by atoms with Gasteiger partial charge in [0.25, 0.3) is 0 Å². The van der Waals surface area contributed by atoms with Crippen molar-refractivity contribution in [2.75, 3.05) is 14.2 Å². The first kappa shape index (κ1) is 19.6. The molecule has 0 atom stereocenters. The van der Waals surface area contributed by atoms with Gasteiger partial charge < -0.3 is 14.2 Å². The van der Waals surface area contributed by atoms with Crippen LogP contribution in [-0.4, -0.2) is 25.2 Å². The van der Waals surface area contributed by atoms with E-state index in [-0.39, 0.29) is 0 Å². The molecule has 3 rings (SSSR count). The van der Waals surface area contributed by atoms with E-state index < -0.39 is 5.97 Å². The Morgan fingerprint density at radius 2 is 1.89 bits per heavy atom. The second-order valence-corrected chi connectivity index (χ2v) is 6.89. The lowest BCUT2D eigenvalue weighted by Crippen LogP contribution is -2.04. The van der Waals surface area contributed by atoms with Crippen LogP contribution in [0.1, 0.15) is 21.8 Å². The fraction of sp³-hybridized carbons (Fsp3) is 0.182. The van der Waals surface area contributed by atoms with E-state index in [0.29, 0.717) is 28.7 Å². The lowest BCUT2D eigenvalue weighted by atomic mass is 10.1. The van der Waals surface area contributed by atoms with Crippen molar-refractivity contribution < 1.29 is 19.0 Å². The Morgan fingerprint density at radius 3 is 2.54 bits per heavy atom. The largest absolute Gasteiger partial charge is 0.493 e. The van der Waals surface area contributed by atoms with Gasteiger partial charge in [-0.1, -0.05) is 36.4 Å². The summed E-state index contributed by atoms with van der Waals surface area (Å²) >= 11 is 1.40. The Hall–Kier alpha value is -3.12. The van der Waals surface area contributed by atoms with E-state index in [1.807, 2.05) is 60.8 Å². The Balaban J connectivity index is 1.92. The molecule has 0 radical (unpaired) electrons. The summed E-state index contributed by atoms with van der Waals surface area (Å²) in [6.45, 7) is 2.30. The maximum absolute atomic E-state index is 12.3. The first-order chi connectivity index (χ1) is 13.6. The number of rotatable bonds is 7. The molecule has 0 unspecified atom stereocenters. The van der Waals surface area contributed by atoms with Gasteiger partial charge in [0.15, 0.2) is 11.5 Å². The Bertz CT molecular complexity index is 979. The van der Waals surface area contributed by atoms with E-state index in [0.717, 1.165) is 16.8 Å². The van der Waals surface area contributed by atoms with E-state index in [1.165, 1.54) is 18.4 Å². The van der Waals surface area contributed by atoms with E-state index in [1.54, 1.807) is 13.2 Å². The summed E-state index contributed by atoms with van der Waals surface area (Å²) in [4.78, 5) is 16.7. The third kappa shape index (κ3) is 4.78. The molecule has 6 heteroatoms. The van der Waals surface area contributed by atoms with Gasteiger partial charge in [0.1, 0.15) is 11.6 Å². The number of hydrogen-bond acceptors (Lipinski definition) is 6. The summed E-state index contributed by atoms with van der Waals surface area (Å²) in [6.07, 6.45) is 1.75. The van der Waals surface area contributed by atoms with E-state index in [2.05, 4.69) is 4.98 Å². The number of carbonyl (C=O) groups excluding carboxylic acids is 1. The minimum absolute atomic E-state index is 0.403. The minimum atomic E-state index is -0.433. The average Bonchev–Trinajstić information content (AvgIpc) is 3.16. The molecule has 1 heterocycles. The first-order valence-electron chi connectivity index (χ1n) is 8.68. The summed E-state index contributed by atoms with van der Waals surface area (Å²) in [5.41, 5.74) is 3.10.